The Labute approximate surface area is 102 Å². The number of carbonyl (C=O) groups excluding carboxylic acids is 1. The van der Waals surface area contributed by atoms with Gasteiger partial charge in [-0.3, -0.25) is 0 Å². The summed E-state index contributed by atoms with van der Waals surface area (Å²) in [6, 6.07) is 6.89. The van der Waals surface area contributed by atoms with Crippen molar-refractivity contribution < 1.29 is 14.3 Å². The number of carbonyl (C=O) groups is 1. The molecule has 2 N–H and O–H groups in total. The first-order valence-corrected chi connectivity index (χ1v) is 5.79. The van der Waals surface area contributed by atoms with Crippen molar-refractivity contribution in [2.45, 2.75) is 32.8 Å². The van der Waals surface area contributed by atoms with Crippen molar-refractivity contribution in [2.75, 3.05) is 12.3 Å². The molecule has 0 saturated carbocycles. The topological polar surface area (TPSA) is 61.5 Å². The number of esters is 1. The fourth-order valence-electron chi connectivity index (χ4n) is 1.43. The summed E-state index contributed by atoms with van der Waals surface area (Å²) < 4.78 is 10.4. The lowest BCUT2D eigenvalue weighted by Gasteiger charge is -2.12. The van der Waals surface area contributed by atoms with Gasteiger partial charge in [0.2, 0.25) is 0 Å². The van der Waals surface area contributed by atoms with Crippen molar-refractivity contribution in [2.24, 2.45) is 0 Å². The average Bonchev–Trinajstić information content (AvgIpc) is 2.28. The highest BCUT2D eigenvalue weighted by atomic mass is 16.6. The maximum absolute atomic E-state index is 11.4. The van der Waals surface area contributed by atoms with E-state index in [4.69, 9.17) is 15.2 Å². The van der Waals surface area contributed by atoms with Gasteiger partial charge in [0.15, 0.2) is 6.61 Å². The molecule has 0 aliphatic carbocycles. The minimum absolute atomic E-state index is 0.0532. The summed E-state index contributed by atoms with van der Waals surface area (Å²) in [4.78, 5) is 11.4. The summed E-state index contributed by atoms with van der Waals surface area (Å²) in [6.45, 7) is 3.86. The van der Waals surface area contributed by atoms with Gasteiger partial charge in [-0.2, -0.15) is 0 Å². The second-order valence-electron chi connectivity index (χ2n) is 3.95. The molecule has 1 rings (SSSR count). The van der Waals surface area contributed by atoms with Crippen LogP contribution in [0.5, 0.6) is 5.75 Å². The van der Waals surface area contributed by atoms with E-state index in [1.54, 1.807) is 24.3 Å². The SMILES string of the molecule is CCCC(C)OC(=O)COc1ccc(N)cc1. The standard InChI is InChI=1S/C13H19NO3/c1-3-4-10(2)17-13(15)9-16-12-7-5-11(14)6-8-12/h5-8,10H,3-4,9,14H2,1-2H3. The van der Waals surface area contributed by atoms with Crippen LogP contribution in [0.15, 0.2) is 24.3 Å². The molecule has 4 nitrogen and oxygen atoms in total. The number of hydrogen-bond donors (Lipinski definition) is 1. The van der Waals surface area contributed by atoms with Crippen LogP contribution in [0.25, 0.3) is 0 Å². The molecule has 1 unspecified atom stereocenters. The van der Waals surface area contributed by atoms with Crippen molar-refractivity contribution in [3.8, 4) is 5.75 Å². The van der Waals surface area contributed by atoms with Gasteiger partial charge < -0.3 is 15.2 Å². The van der Waals surface area contributed by atoms with Crippen LogP contribution in [-0.4, -0.2) is 18.7 Å². The molecule has 0 aliphatic heterocycles. The maximum Gasteiger partial charge on any atom is 0.344 e. The van der Waals surface area contributed by atoms with Crippen LogP contribution >= 0.6 is 0 Å². The van der Waals surface area contributed by atoms with Crippen molar-refractivity contribution in [1.82, 2.24) is 0 Å². The van der Waals surface area contributed by atoms with E-state index in [1.165, 1.54) is 0 Å². The lowest BCUT2D eigenvalue weighted by atomic mass is 10.2. The summed E-state index contributed by atoms with van der Waals surface area (Å²) >= 11 is 0. The maximum atomic E-state index is 11.4. The van der Waals surface area contributed by atoms with Crippen LogP contribution < -0.4 is 10.5 Å². The molecule has 1 aromatic carbocycles. The van der Waals surface area contributed by atoms with Gasteiger partial charge in [0.05, 0.1) is 6.10 Å². The van der Waals surface area contributed by atoms with Crippen molar-refractivity contribution in [1.29, 1.82) is 0 Å². The number of nitrogen functional groups attached to an aromatic ring is 1. The second kappa shape index (κ2) is 6.78. The van der Waals surface area contributed by atoms with E-state index >= 15 is 0 Å². The monoisotopic (exact) mass is 237 g/mol. The molecule has 1 aromatic rings. The predicted molar refractivity (Wildman–Crippen MR) is 66.8 cm³/mol. The summed E-state index contributed by atoms with van der Waals surface area (Å²) in [5.41, 5.74) is 6.20. The summed E-state index contributed by atoms with van der Waals surface area (Å²) in [5.74, 6) is 0.266. The van der Waals surface area contributed by atoms with Gasteiger partial charge in [0.25, 0.3) is 0 Å². The average molecular weight is 237 g/mol. The molecule has 1 atom stereocenters. The van der Waals surface area contributed by atoms with E-state index in [0.29, 0.717) is 11.4 Å². The largest absolute Gasteiger partial charge is 0.482 e. The molecule has 0 spiro atoms. The van der Waals surface area contributed by atoms with Gasteiger partial charge in [0.1, 0.15) is 5.75 Å². The molecular weight excluding hydrogens is 218 g/mol. The predicted octanol–water partition coefficient (Wildman–Crippen LogP) is 2.38. The number of hydrogen-bond acceptors (Lipinski definition) is 4. The van der Waals surface area contributed by atoms with Crippen LogP contribution in [0.3, 0.4) is 0 Å². The first-order valence-electron chi connectivity index (χ1n) is 5.79. The van der Waals surface area contributed by atoms with Crippen LogP contribution in [0.2, 0.25) is 0 Å². The lowest BCUT2D eigenvalue weighted by Crippen LogP contribution is -2.20. The molecule has 0 bridgehead atoms. The van der Waals surface area contributed by atoms with Gasteiger partial charge in [0, 0.05) is 5.69 Å². The summed E-state index contributed by atoms with van der Waals surface area (Å²) in [5, 5.41) is 0. The Morgan fingerprint density at radius 2 is 2.00 bits per heavy atom. The third kappa shape index (κ3) is 5.24. The lowest BCUT2D eigenvalue weighted by molar-refractivity contribution is -0.150. The van der Waals surface area contributed by atoms with E-state index in [9.17, 15) is 4.79 Å². The van der Waals surface area contributed by atoms with Gasteiger partial charge in [-0.1, -0.05) is 13.3 Å². The van der Waals surface area contributed by atoms with Gasteiger partial charge >= 0.3 is 5.97 Å². The molecule has 0 fully saturated rings. The molecule has 94 valence electrons. The van der Waals surface area contributed by atoms with Gasteiger partial charge in [-0.15, -0.1) is 0 Å². The minimum atomic E-state index is -0.345. The zero-order valence-electron chi connectivity index (χ0n) is 10.3. The Morgan fingerprint density at radius 1 is 1.35 bits per heavy atom. The molecule has 0 radical (unpaired) electrons. The Morgan fingerprint density at radius 3 is 2.59 bits per heavy atom. The normalized spacial score (nSPS) is 11.9. The number of ether oxygens (including phenoxy) is 2. The first-order chi connectivity index (χ1) is 8.11. The summed E-state index contributed by atoms with van der Waals surface area (Å²) in [6.07, 6.45) is 1.81. The number of rotatable bonds is 6. The molecule has 0 heterocycles. The van der Waals surface area contributed by atoms with Crippen LogP contribution in [0.1, 0.15) is 26.7 Å². The number of anilines is 1. The number of nitrogens with two attached hydrogens (primary N) is 1. The van der Waals surface area contributed by atoms with Crippen LogP contribution in [-0.2, 0) is 9.53 Å². The minimum Gasteiger partial charge on any atom is -0.482 e. The highest BCUT2D eigenvalue weighted by molar-refractivity contribution is 5.71. The molecular formula is C13H19NO3. The quantitative estimate of drug-likeness (QED) is 0.609. The van der Waals surface area contributed by atoms with Crippen molar-refractivity contribution in [3.05, 3.63) is 24.3 Å². The van der Waals surface area contributed by atoms with E-state index < -0.39 is 0 Å². The second-order valence-corrected chi connectivity index (χ2v) is 3.95. The van der Waals surface area contributed by atoms with Gasteiger partial charge in [-0.25, -0.2) is 4.79 Å². The highest BCUT2D eigenvalue weighted by Gasteiger charge is 2.09. The molecule has 4 heteroatoms. The molecule has 0 saturated heterocycles. The first kappa shape index (κ1) is 13.4. The van der Waals surface area contributed by atoms with E-state index in [-0.39, 0.29) is 18.7 Å². The Bertz CT molecular complexity index is 348. The molecule has 17 heavy (non-hydrogen) atoms. The van der Waals surface area contributed by atoms with Crippen molar-refractivity contribution >= 4 is 11.7 Å². The Balaban J connectivity index is 2.30. The third-order valence-electron chi connectivity index (χ3n) is 2.26. The fraction of sp³-hybridized carbons (Fsp3) is 0.462. The van der Waals surface area contributed by atoms with Gasteiger partial charge in [-0.05, 0) is 37.6 Å². The zero-order valence-corrected chi connectivity index (χ0v) is 10.3. The van der Waals surface area contributed by atoms with E-state index in [1.807, 2.05) is 6.92 Å². The van der Waals surface area contributed by atoms with Crippen LogP contribution in [0.4, 0.5) is 5.69 Å². The molecule has 0 aromatic heterocycles. The highest BCUT2D eigenvalue weighted by Crippen LogP contribution is 2.13. The fourth-order valence-corrected chi connectivity index (χ4v) is 1.43. The molecule has 0 amide bonds. The molecule has 0 aliphatic rings. The third-order valence-corrected chi connectivity index (χ3v) is 2.26. The summed E-state index contributed by atoms with van der Waals surface area (Å²) in [7, 11) is 0. The van der Waals surface area contributed by atoms with Crippen molar-refractivity contribution in [3.63, 3.8) is 0 Å². The Hall–Kier alpha value is -1.71. The van der Waals surface area contributed by atoms with E-state index in [2.05, 4.69) is 6.92 Å². The zero-order chi connectivity index (χ0) is 12.7. The van der Waals surface area contributed by atoms with E-state index in [0.717, 1.165) is 12.8 Å². The number of benzene rings is 1. The smallest absolute Gasteiger partial charge is 0.344 e. The Kier molecular flexibility index (Phi) is 5.33. The van der Waals surface area contributed by atoms with Crippen LogP contribution in [0, 0.1) is 0 Å².